The van der Waals surface area contributed by atoms with Gasteiger partial charge < -0.3 is 4.90 Å². The quantitative estimate of drug-likeness (QED) is 0.566. The smallest absolute Gasteiger partial charge is 0.242 e. The lowest BCUT2D eigenvalue weighted by Crippen LogP contribution is -2.46. The second-order valence-electron chi connectivity index (χ2n) is 7.33. The second-order valence-corrected chi connectivity index (χ2v) is 7.33. The maximum absolute atomic E-state index is 12.6. The molecular formula is C17H22N2O3. The average Bonchev–Trinajstić information content (AvgIpc) is 3.17. The van der Waals surface area contributed by atoms with Crippen LogP contribution in [0.15, 0.2) is 12.2 Å². The van der Waals surface area contributed by atoms with E-state index in [1.54, 1.807) is 0 Å². The summed E-state index contributed by atoms with van der Waals surface area (Å²) in [6.45, 7) is 3.63. The lowest BCUT2D eigenvalue weighted by atomic mass is 9.85. The van der Waals surface area contributed by atoms with E-state index in [0.717, 1.165) is 32.4 Å². The number of piperidine rings is 1. The predicted octanol–water partition coefficient (Wildman–Crippen LogP) is 1.05. The van der Waals surface area contributed by atoms with Crippen molar-refractivity contribution >= 4 is 17.7 Å². The SMILES string of the molecule is CC1CCN(C(=O)CN2C(=O)C3C4C=CC(C4)C3C2=O)CC1. The van der Waals surface area contributed by atoms with Crippen molar-refractivity contribution in [2.24, 2.45) is 29.6 Å². The highest BCUT2D eigenvalue weighted by atomic mass is 16.2. The molecule has 0 radical (unpaired) electrons. The van der Waals surface area contributed by atoms with Crippen LogP contribution in [-0.4, -0.2) is 47.2 Å². The fourth-order valence-corrected chi connectivity index (χ4v) is 4.61. The summed E-state index contributed by atoms with van der Waals surface area (Å²) in [4.78, 5) is 40.6. The van der Waals surface area contributed by atoms with Crippen LogP contribution < -0.4 is 0 Å². The van der Waals surface area contributed by atoms with Crippen LogP contribution >= 0.6 is 0 Å². The Bertz CT molecular complexity index is 532. The highest BCUT2D eigenvalue weighted by molar-refractivity contribution is 6.08. The van der Waals surface area contributed by atoms with Gasteiger partial charge in [0, 0.05) is 13.1 Å². The van der Waals surface area contributed by atoms with E-state index in [2.05, 4.69) is 19.1 Å². The molecule has 4 rings (SSSR count). The van der Waals surface area contributed by atoms with Gasteiger partial charge in [-0.25, -0.2) is 0 Å². The van der Waals surface area contributed by atoms with Crippen molar-refractivity contribution in [3.05, 3.63) is 12.2 Å². The van der Waals surface area contributed by atoms with Crippen molar-refractivity contribution in [1.82, 2.24) is 9.80 Å². The number of carbonyl (C=O) groups excluding carboxylic acids is 3. The number of hydrogen-bond donors (Lipinski definition) is 0. The highest BCUT2D eigenvalue weighted by Gasteiger charge is 2.59. The van der Waals surface area contributed by atoms with E-state index in [9.17, 15) is 14.4 Å². The molecule has 3 amide bonds. The monoisotopic (exact) mass is 302 g/mol. The largest absolute Gasteiger partial charge is 0.341 e. The Morgan fingerprint density at radius 3 is 2.18 bits per heavy atom. The summed E-state index contributed by atoms with van der Waals surface area (Å²) in [7, 11) is 0. The molecule has 22 heavy (non-hydrogen) atoms. The summed E-state index contributed by atoms with van der Waals surface area (Å²) in [6, 6.07) is 0. The van der Waals surface area contributed by atoms with E-state index in [4.69, 9.17) is 0 Å². The van der Waals surface area contributed by atoms with Gasteiger partial charge >= 0.3 is 0 Å². The van der Waals surface area contributed by atoms with Gasteiger partial charge in [0.15, 0.2) is 0 Å². The van der Waals surface area contributed by atoms with Crippen molar-refractivity contribution in [1.29, 1.82) is 0 Å². The number of nitrogens with zero attached hydrogens (tertiary/aromatic N) is 2. The molecule has 118 valence electrons. The fraction of sp³-hybridized carbons (Fsp3) is 0.706. The van der Waals surface area contributed by atoms with E-state index < -0.39 is 0 Å². The molecule has 5 heteroatoms. The first kappa shape index (κ1) is 14.0. The molecule has 4 atom stereocenters. The minimum atomic E-state index is -0.198. The third-order valence-electron chi connectivity index (χ3n) is 5.99. The van der Waals surface area contributed by atoms with Crippen LogP contribution in [0.2, 0.25) is 0 Å². The minimum absolute atomic E-state index is 0.0571. The van der Waals surface area contributed by atoms with Gasteiger partial charge in [-0.3, -0.25) is 19.3 Å². The Kier molecular flexibility index (Phi) is 3.13. The average molecular weight is 302 g/mol. The van der Waals surface area contributed by atoms with Crippen molar-refractivity contribution in [2.45, 2.75) is 26.2 Å². The van der Waals surface area contributed by atoms with Gasteiger partial charge in [-0.1, -0.05) is 19.1 Å². The zero-order valence-corrected chi connectivity index (χ0v) is 12.9. The van der Waals surface area contributed by atoms with Crippen molar-refractivity contribution < 1.29 is 14.4 Å². The number of hydrogen-bond acceptors (Lipinski definition) is 3. The van der Waals surface area contributed by atoms with E-state index in [0.29, 0.717) is 5.92 Å². The van der Waals surface area contributed by atoms with Crippen LogP contribution in [0.4, 0.5) is 0 Å². The summed E-state index contributed by atoms with van der Waals surface area (Å²) >= 11 is 0. The topological polar surface area (TPSA) is 57.7 Å². The molecular weight excluding hydrogens is 280 g/mol. The molecule has 2 aliphatic heterocycles. The van der Waals surface area contributed by atoms with Crippen LogP contribution in [0.5, 0.6) is 0 Å². The van der Waals surface area contributed by atoms with Crippen molar-refractivity contribution in [3.63, 3.8) is 0 Å². The highest BCUT2D eigenvalue weighted by Crippen LogP contribution is 2.52. The lowest BCUT2D eigenvalue weighted by molar-refractivity contribution is -0.147. The van der Waals surface area contributed by atoms with Gasteiger partial charge in [-0.2, -0.15) is 0 Å². The fourth-order valence-electron chi connectivity index (χ4n) is 4.61. The van der Waals surface area contributed by atoms with Crippen molar-refractivity contribution in [3.8, 4) is 0 Å². The van der Waals surface area contributed by atoms with Gasteiger partial charge in [-0.05, 0) is 37.0 Å². The van der Waals surface area contributed by atoms with E-state index >= 15 is 0 Å². The molecule has 4 aliphatic rings. The molecule has 0 spiro atoms. The number of carbonyl (C=O) groups is 3. The molecule has 0 aromatic rings. The number of likely N-dealkylation sites (tertiary alicyclic amines) is 2. The number of fused-ring (bicyclic) bond motifs is 5. The molecule has 5 nitrogen and oxygen atoms in total. The summed E-state index contributed by atoms with van der Waals surface area (Å²) in [6.07, 6.45) is 7.10. The van der Waals surface area contributed by atoms with Gasteiger partial charge in [-0.15, -0.1) is 0 Å². The van der Waals surface area contributed by atoms with Crippen molar-refractivity contribution in [2.75, 3.05) is 19.6 Å². The van der Waals surface area contributed by atoms with Crippen LogP contribution in [0.1, 0.15) is 26.2 Å². The summed E-state index contributed by atoms with van der Waals surface area (Å²) < 4.78 is 0. The maximum atomic E-state index is 12.6. The molecule has 0 N–H and O–H groups in total. The standard InChI is InChI=1S/C17H22N2O3/c1-10-4-6-18(7-5-10)13(20)9-19-16(21)14-11-2-3-12(8-11)15(14)17(19)22/h2-3,10-12,14-15H,4-9H2,1H3. The zero-order valence-electron chi connectivity index (χ0n) is 12.9. The first-order chi connectivity index (χ1) is 10.6. The molecule has 0 aromatic carbocycles. The molecule has 2 bridgehead atoms. The summed E-state index contributed by atoms with van der Waals surface area (Å²) in [5, 5.41) is 0. The molecule has 2 aliphatic carbocycles. The number of imide groups is 1. The molecule has 3 fully saturated rings. The van der Waals surface area contributed by atoms with Crippen LogP contribution in [-0.2, 0) is 14.4 Å². The van der Waals surface area contributed by atoms with Gasteiger partial charge in [0.1, 0.15) is 6.54 Å². The van der Waals surface area contributed by atoms with Gasteiger partial charge in [0.05, 0.1) is 11.8 Å². The second kappa shape index (κ2) is 4.93. The van der Waals surface area contributed by atoms with Crippen LogP contribution in [0.25, 0.3) is 0 Å². The lowest BCUT2D eigenvalue weighted by Gasteiger charge is -2.31. The Labute approximate surface area is 130 Å². The normalized spacial score (nSPS) is 37.3. The van der Waals surface area contributed by atoms with E-state index in [1.807, 2.05) is 4.90 Å². The van der Waals surface area contributed by atoms with E-state index in [-0.39, 0.29) is 47.9 Å². The minimum Gasteiger partial charge on any atom is -0.341 e. The Morgan fingerprint density at radius 2 is 1.64 bits per heavy atom. The van der Waals surface area contributed by atoms with Crippen LogP contribution in [0.3, 0.4) is 0 Å². The van der Waals surface area contributed by atoms with Gasteiger partial charge in [0.2, 0.25) is 17.7 Å². The molecule has 2 heterocycles. The van der Waals surface area contributed by atoms with E-state index in [1.165, 1.54) is 4.90 Å². The Morgan fingerprint density at radius 1 is 1.09 bits per heavy atom. The third kappa shape index (κ3) is 1.94. The zero-order chi connectivity index (χ0) is 15.4. The molecule has 1 saturated carbocycles. The first-order valence-corrected chi connectivity index (χ1v) is 8.37. The Balaban J connectivity index is 1.45. The Hall–Kier alpha value is -1.65. The predicted molar refractivity (Wildman–Crippen MR) is 79.4 cm³/mol. The van der Waals surface area contributed by atoms with Gasteiger partial charge in [0.25, 0.3) is 0 Å². The number of rotatable bonds is 2. The van der Waals surface area contributed by atoms with Crippen LogP contribution in [0, 0.1) is 29.6 Å². The molecule has 4 unspecified atom stereocenters. The maximum Gasteiger partial charge on any atom is 0.242 e. The molecule has 2 saturated heterocycles. The molecule has 0 aromatic heterocycles. The number of amides is 3. The summed E-state index contributed by atoms with van der Waals surface area (Å²) in [5.74, 6) is 0.364. The first-order valence-electron chi connectivity index (χ1n) is 8.37. The third-order valence-corrected chi connectivity index (χ3v) is 5.99. The summed E-state index contributed by atoms with van der Waals surface area (Å²) in [5.41, 5.74) is 0. The number of allylic oxidation sites excluding steroid dienone is 2.